The molecule has 0 unspecified atom stereocenters. The molecule has 0 atom stereocenters. The fourth-order valence-corrected chi connectivity index (χ4v) is 4.28. The average molecular weight is 515 g/mol. The number of benzene rings is 4. The number of halogens is 6. The Morgan fingerprint density at radius 3 is 2.11 bits per heavy atom. The summed E-state index contributed by atoms with van der Waals surface area (Å²) in [5.74, 6) is -2.10. The van der Waals surface area contributed by atoms with E-state index in [1.165, 1.54) is 48.5 Å². The number of aryl methyl sites for hydroxylation is 3. The van der Waals surface area contributed by atoms with Gasteiger partial charge in [-0.15, -0.1) is 13.2 Å². The van der Waals surface area contributed by atoms with Crippen molar-refractivity contribution >= 4 is 10.8 Å². The lowest BCUT2D eigenvalue weighted by Gasteiger charge is -2.12. The van der Waals surface area contributed by atoms with Crippen molar-refractivity contribution in [1.82, 2.24) is 0 Å². The van der Waals surface area contributed by atoms with Crippen LogP contribution < -0.4 is 4.74 Å². The third-order valence-electron chi connectivity index (χ3n) is 6.10. The van der Waals surface area contributed by atoms with Crippen molar-refractivity contribution in [3.05, 3.63) is 113 Å². The van der Waals surface area contributed by atoms with Gasteiger partial charge in [-0.2, -0.15) is 0 Å². The molecule has 0 spiro atoms. The summed E-state index contributed by atoms with van der Waals surface area (Å²) < 4.78 is 85.6. The third kappa shape index (κ3) is 6.53. The summed E-state index contributed by atoms with van der Waals surface area (Å²) in [7, 11) is 0. The lowest BCUT2D eigenvalue weighted by molar-refractivity contribution is -0.274. The summed E-state index contributed by atoms with van der Waals surface area (Å²) in [6.45, 7) is 1.88. The van der Waals surface area contributed by atoms with Crippen LogP contribution in [0.4, 0.5) is 26.3 Å². The zero-order valence-electron chi connectivity index (χ0n) is 20.0. The Morgan fingerprint density at radius 2 is 1.46 bits per heavy atom. The number of fused-ring (bicyclic) bond motifs is 1. The maximum atomic E-state index is 15.2. The minimum atomic E-state index is -4.76. The smallest absolute Gasteiger partial charge is 0.406 e. The average Bonchev–Trinajstić information content (AvgIpc) is 2.83. The summed E-state index contributed by atoms with van der Waals surface area (Å²) in [5.41, 5.74) is 1.88. The SMILES string of the molecule is C/C=C/CCc1cc(F)c(-c2ccc3c(F)c(CCc4ccc(OC(F)(F)F)cc4)ccc3c2)c(F)c1. The van der Waals surface area contributed by atoms with Crippen LogP contribution in [0.5, 0.6) is 5.75 Å². The number of hydrogen-bond donors (Lipinski definition) is 0. The first-order valence-corrected chi connectivity index (χ1v) is 11.8. The van der Waals surface area contributed by atoms with Crippen LogP contribution in [0.25, 0.3) is 21.9 Å². The van der Waals surface area contributed by atoms with Gasteiger partial charge in [0.05, 0.1) is 5.56 Å². The molecule has 0 aliphatic carbocycles. The number of rotatable bonds is 8. The molecule has 0 fully saturated rings. The number of hydrogen-bond acceptors (Lipinski definition) is 1. The molecular formula is C30H24F6O. The molecule has 0 N–H and O–H groups in total. The van der Waals surface area contributed by atoms with Gasteiger partial charge in [-0.3, -0.25) is 0 Å². The van der Waals surface area contributed by atoms with Gasteiger partial charge in [-0.05, 0) is 90.6 Å². The third-order valence-corrected chi connectivity index (χ3v) is 6.10. The minimum Gasteiger partial charge on any atom is -0.406 e. The van der Waals surface area contributed by atoms with Crippen LogP contribution in [-0.4, -0.2) is 6.36 Å². The van der Waals surface area contributed by atoms with Gasteiger partial charge in [0, 0.05) is 5.39 Å². The van der Waals surface area contributed by atoms with E-state index in [0.29, 0.717) is 53.1 Å². The van der Waals surface area contributed by atoms with Crippen molar-refractivity contribution < 1.29 is 31.1 Å². The van der Waals surface area contributed by atoms with E-state index in [2.05, 4.69) is 4.74 Å². The van der Waals surface area contributed by atoms with Crippen LogP contribution >= 0.6 is 0 Å². The van der Waals surface area contributed by atoms with E-state index in [1.807, 2.05) is 19.1 Å². The van der Waals surface area contributed by atoms with E-state index in [9.17, 15) is 22.0 Å². The number of allylic oxidation sites excluding steroid dienone is 2. The monoisotopic (exact) mass is 514 g/mol. The second-order valence-corrected chi connectivity index (χ2v) is 8.71. The van der Waals surface area contributed by atoms with Gasteiger partial charge in [-0.1, -0.05) is 48.6 Å². The summed E-state index contributed by atoms with van der Waals surface area (Å²) in [6.07, 6.45) is 0.987. The Labute approximate surface area is 211 Å². The van der Waals surface area contributed by atoms with E-state index in [4.69, 9.17) is 0 Å². The predicted octanol–water partition coefficient (Wildman–Crippen LogP) is 9.12. The summed E-state index contributed by atoms with van der Waals surface area (Å²) in [4.78, 5) is 0. The van der Waals surface area contributed by atoms with E-state index < -0.39 is 23.8 Å². The second-order valence-electron chi connectivity index (χ2n) is 8.71. The quantitative estimate of drug-likeness (QED) is 0.168. The van der Waals surface area contributed by atoms with Crippen molar-refractivity contribution in [2.75, 3.05) is 0 Å². The van der Waals surface area contributed by atoms with E-state index in [0.717, 1.165) is 5.56 Å². The molecule has 4 aromatic carbocycles. The van der Waals surface area contributed by atoms with Gasteiger partial charge < -0.3 is 4.74 Å². The maximum Gasteiger partial charge on any atom is 0.573 e. The zero-order chi connectivity index (χ0) is 26.6. The molecular weight excluding hydrogens is 490 g/mol. The van der Waals surface area contributed by atoms with Gasteiger partial charge in [0.25, 0.3) is 0 Å². The zero-order valence-corrected chi connectivity index (χ0v) is 20.0. The predicted molar refractivity (Wildman–Crippen MR) is 133 cm³/mol. The fraction of sp³-hybridized carbons (Fsp3) is 0.200. The topological polar surface area (TPSA) is 9.23 Å². The van der Waals surface area contributed by atoms with Crippen LogP contribution in [-0.2, 0) is 19.3 Å². The molecule has 0 heterocycles. The highest BCUT2D eigenvalue weighted by Gasteiger charge is 2.30. The molecule has 192 valence electrons. The largest absolute Gasteiger partial charge is 0.573 e. The van der Waals surface area contributed by atoms with Crippen LogP contribution in [0.15, 0.2) is 78.9 Å². The normalized spacial score (nSPS) is 12.0. The molecule has 1 nitrogen and oxygen atoms in total. The maximum absolute atomic E-state index is 15.2. The van der Waals surface area contributed by atoms with Gasteiger partial charge in [0.1, 0.15) is 23.2 Å². The van der Waals surface area contributed by atoms with Gasteiger partial charge in [0.2, 0.25) is 0 Å². The molecule has 0 saturated heterocycles. The molecule has 0 saturated carbocycles. The highest BCUT2D eigenvalue weighted by Crippen LogP contribution is 2.32. The lowest BCUT2D eigenvalue weighted by atomic mass is 9.95. The molecule has 0 aliphatic heterocycles. The standard InChI is InChI=1S/C30H24F6O/c1-2-3-4-5-20-16-26(31)28(27(32)17-20)23-12-15-25-22(18-23)11-10-21(29(25)33)9-6-19-7-13-24(14-8-19)37-30(34,35)36/h2-3,7-8,10-18H,4-6,9H2,1H3/b3-2+. The fourth-order valence-electron chi connectivity index (χ4n) is 4.28. The van der Waals surface area contributed by atoms with Crippen molar-refractivity contribution in [1.29, 1.82) is 0 Å². The Morgan fingerprint density at radius 1 is 0.757 bits per heavy atom. The Bertz CT molecular complexity index is 1400. The van der Waals surface area contributed by atoms with Crippen molar-refractivity contribution in [3.8, 4) is 16.9 Å². The second kappa shape index (κ2) is 11.1. The van der Waals surface area contributed by atoms with Gasteiger partial charge >= 0.3 is 6.36 Å². The Hall–Kier alpha value is -3.74. The molecule has 7 heteroatoms. The van der Waals surface area contributed by atoms with E-state index in [-0.39, 0.29) is 11.3 Å². The number of ether oxygens (including phenoxy) is 1. The molecule has 37 heavy (non-hydrogen) atoms. The van der Waals surface area contributed by atoms with Crippen LogP contribution in [0, 0.1) is 17.5 Å². The first kappa shape index (κ1) is 26.3. The molecule has 0 amide bonds. The molecule has 0 bridgehead atoms. The molecule has 0 aromatic heterocycles. The highest BCUT2D eigenvalue weighted by atomic mass is 19.4. The highest BCUT2D eigenvalue weighted by molar-refractivity contribution is 5.88. The molecule has 0 radical (unpaired) electrons. The van der Waals surface area contributed by atoms with Crippen molar-refractivity contribution in [3.63, 3.8) is 0 Å². The minimum absolute atomic E-state index is 0.154. The summed E-state index contributed by atoms with van der Waals surface area (Å²) >= 11 is 0. The van der Waals surface area contributed by atoms with Crippen molar-refractivity contribution in [2.45, 2.75) is 39.0 Å². The molecule has 4 rings (SSSR count). The first-order valence-electron chi connectivity index (χ1n) is 11.8. The summed E-state index contributed by atoms with van der Waals surface area (Å²) in [5, 5.41) is 0.822. The molecule has 0 aliphatic rings. The lowest BCUT2D eigenvalue weighted by Crippen LogP contribution is -2.17. The van der Waals surface area contributed by atoms with Crippen LogP contribution in [0.1, 0.15) is 30.0 Å². The van der Waals surface area contributed by atoms with Crippen molar-refractivity contribution in [2.24, 2.45) is 0 Å². The first-order chi connectivity index (χ1) is 17.6. The summed E-state index contributed by atoms with van der Waals surface area (Å²) in [6, 6.07) is 16.0. The van der Waals surface area contributed by atoms with E-state index in [1.54, 1.807) is 18.2 Å². The van der Waals surface area contributed by atoms with E-state index >= 15 is 4.39 Å². The van der Waals surface area contributed by atoms with Crippen LogP contribution in [0.2, 0.25) is 0 Å². The Kier molecular flexibility index (Phi) is 7.91. The van der Waals surface area contributed by atoms with Gasteiger partial charge in [0.15, 0.2) is 0 Å². The van der Waals surface area contributed by atoms with Crippen LogP contribution in [0.3, 0.4) is 0 Å². The van der Waals surface area contributed by atoms with Gasteiger partial charge in [-0.25, -0.2) is 13.2 Å². The number of alkyl halides is 3. The Balaban J connectivity index is 1.52. The molecule has 4 aromatic rings.